The summed E-state index contributed by atoms with van der Waals surface area (Å²) in [5.74, 6) is 0.726. The van der Waals surface area contributed by atoms with Gasteiger partial charge in [-0.05, 0) is 25.8 Å². The Hall–Kier alpha value is -0.830. The molecule has 3 heteroatoms. The molecule has 0 aromatic carbocycles. The van der Waals surface area contributed by atoms with Gasteiger partial charge in [-0.1, -0.05) is 26.7 Å². The number of aryl methyl sites for hydroxylation is 1. The van der Waals surface area contributed by atoms with Crippen molar-refractivity contribution < 1.29 is 0 Å². The summed E-state index contributed by atoms with van der Waals surface area (Å²) in [6, 6.07) is 0.452. The van der Waals surface area contributed by atoms with E-state index in [1.54, 1.807) is 0 Å². The first kappa shape index (κ1) is 13.2. The second-order valence-corrected chi connectivity index (χ2v) is 4.55. The van der Waals surface area contributed by atoms with Crippen molar-refractivity contribution in [1.82, 2.24) is 15.1 Å². The summed E-state index contributed by atoms with van der Waals surface area (Å²) in [5.41, 5.74) is 1.32. The zero-order valence-electron chi connectivity index (χ0n) is 11.0. The standard InChI is InChI=1S/C13H25N3/c1-5-7-11(8-6-2)13(14-3)12-9-15-16(4)10-12/h9-11,13-14H,5-8H2,1-4H3. The quantitative estimate of drug-likeness (QED) is 0.770. The van der Waals surface area contributed by atoms with E-state index in [1.165, 1.54) is 31.2 Å². The molecule has 0 aliphatic carbocycles. The number of hydrogen-bond acceptors (Lipinski definition) is 2. The predicted molar refractivity (Wildman–Crippen MR) is 68.3 cm³/mol. The van der Waals surface area contributed by atoms with Crippen molar-refractivity contribution in [3.63, 3.8) is 0 Å². The van der Waals surface area contributed by atoms with Gasteiger partial charge in [-0.15, -0.1) is 0 Å². The van der Waals surface area contributed by atoms with Gasteiger partial charge in [-0.3, -0.25) is 4.68 Å². The largest absolute Gasteiger partial charge is 0.313 e. The first-order valence-electron chi connectivity index (χ1n) is 6.38. The summed E-state index contributed by atoms with van der Waals surface area (Å²) >= 11 is 0. The van der Waals surface area contributed by atoms with Gasteiger partial charge >= 0.3 is 0 Å². The average Bonchev–Trinajstić information content (AvgIpc) is 2.67. The third kappa shape index (κ3) is 3.34. The Morgan fingerprint density at radius 2 is 1.94 bits per heavy atom. The van der Waals surface area contributed by atoms with Crippen LogP contribution in [0.2, 0.25) is 0 Å². The molecule has 92 valence electrons. The highest BCUT2D eigenvalue weighted by atomic mass is 15.2. The molecule has 16 heavy (non-hydrogen) atoms. The minimum Gasteiger partial charge on any atom is -0.313 e. The molecule has 1 aromatic rings. The van der Waals surface area contributed by atoms with Crippen LogP contribution in [0.4, 0.5) is 0 Å². The van der Waals surface area contributed by atoms with Crippen LogP contribution < -0.4 is 5.32 Å². The minimum absolute atomic E-state index is 0.452. The monoisotopic (exact) mass is 223 g/mol. The lowest BCUT2D eigenvalue weighted by Gasteiger charge is -2.25. The van der Waals surface area contributed by atoms with Crippen molar-refractivity contribution in [3.8, 4) is 0 Å². The summed E-state index contributed by atoms with van der Waals surface area (Å²) in [6.45, 7) is 4.53. The number of nitrogens with one attached hydrogen (secondary N) is 1. The molecule has 0 amide bonds. The Morgan fingerprint density at radius 3 is 2.31 bits per heavy atom. The van der Waals surface area contributed by atoms with Gasteiger partial charge < -0.3 is 5.32 Å². The van der Waals surface area contributed by atoms with Crippen molar-refractivity contribution >= 4 is 0 Å². The molecule has 1 unspecified atom stereocenters. The van der Waals surface area contributed by atoms with Crippen LogP contribution in [0.3, 0.4) is 0 Å². The van der Waals surface area contributed by atoms with E-state index in [2.05, 4.69) is 37.5 Å². The van der Waals surface area contributed by atoms with Crippen LogP contribution in [0.5, 0.6) is 0 Å². The molecule has 0 saturated heterocycles. The van der Waals surface area contributed by atoms with Gasteiger partial charge in [0.2, 0.25) is 0 Å². The Labute approximate surface area is 99.2 Å². The fourth-order valence-corrected chi connectivity index (χ4v) is 2.49. The molecular formula is C13H25N3. The molecule has 1 N–H and O–H groups in total. The van der Waals surface area contributed by atoms with E-state index >= 15 is 0 Å². The second kappa shape index (κ2) is 6.69. The molecule has 1 rings (SSSR count). The molecule has 0 bridgehead atoms. The molecule has 0 saturated carbocycles. The van der Waals surface area contributed by atoms with Crippen molar-refractivity contribution in [3.05, 3.63) is 18.0 Å². The lowest BCUT2D eigenvalue weighted by atomic mass is 9.87. The van der Waals surface area contributed by atoms with Crippen molar-refractivity contribution in [2.75, 3.05) is 7.05 Å². The average molecular weight is 223 g/mol. The van der Waals surface area contributed by atoms with E-state index in [9.17, 15) is 0 Å². The van der Waals surface area contributed by atoms with E-state index < -0.39 is 0 Å². The van der Waals surface area contributed by atoms with E-state index in [0.29, 0.717) is 6.04 Å². The van der Waals surface area contributed by atoms with E-state index in [-0.39, 0.29) is 0 Å². The third-order valence-corrected chi connectivity index (χ3v) is 3.19. The number of nitrogens with zero attached hydrogens (tertiary/aromatic N) is 2. The van der Waals surface area contributed by atoms with Crippen LogP contribution in [-0.4, -0.2) is 16.8 Å². The maximum absolute atomic E-state index is 4.26. The number of hydrogen-bond donors (Lipinski definition) is 1. The van der Waals surface area contributed by atoms with E-state index in [4.69, 9.17) is 0 Å². The van der Waals surface area contributed by atoms with Gasteiger partial charge in [0.25, 0.3) is 0 Å². The molecule has 0 aliphatic heterocycles. The van der Waals surface area contributed by atoms with Crippen molar-refractivity contribution in [2.45, 2.75) is 45.6 Å². The van der Waals surface area contributed by atoms with Crippen molar-refractivity contribution in [1.29, 1.82) is 0 Å². The zero-order valence-corrected chi connectivity index (χ0v) is 11.0. The van der Waals surface area contributed by atoms with Crippen LogP contribution in [-0.2, 0) is 7.05 Å². The molecule has 0 spiro atoms. The predicted octanol–water partition coefficient (Wildman–Crippen LogP) is 2.90. The lowest BCUT2D eigenvalue weighted by molar-refractivity contribution is 0.331. The molecule has 3 nitrogen and oxygen atoms in total. The van der Waals surface area contributed by atoms with Gasteiger partial charge in [0.05, 0.1) is 6.20 Å². The highest BCUT2D eigenvalue weighted by Crippen LogP contribution is 2.28. The third-order valence-electron chi connectivity index (χ3n) is 3.19. The Balaban J connectivity index is 2.76. The molecule has 0 fully saturated rings. The normalized spacial score (nSPS) is 13.3. The van der Waals surface area contributed by atoms with Crippen LogP contribution in [0.1, 0.15) is 51.1 Å². The van der Waals surface area contributed by atoms with Crippen LogP contribution in [0, 0.1) is 5.92 Å². The second-order valence-electron chi connectivity index (χ2n) is 4.55. The minimum atomic E-state index is 0.452. The fourth-order valence-electron chi connectivity index (χ4n) is 2.49. The van der Waals surface area contributed by atoms with Gasteiger partial charge in [-0.2, -0.15) is 5.10 Å². The summed E-state index contributed by atoms with van der Waals surface area (Å²) in [7, 11) is 4.03. The summed E-state index contributed by atoms with van der Waals surface area (Å²) in [4.78, 5) is 0. The van der Waals surface area contributed by atoms with E-state index in [1.807, 2.05) is 17.9 Å². The highest BCUT2D eigenvalue weighted by molar-refractivity contribution is 5.11. The lowest BCUT2D eigenvalue weighted by Crippen LogP contribution is -2.25. The number of aromatic nitrogens is 2. The first-order valence-corrected chi connectivity index (χ1v) is 6.38. The van der Waals surface area contributed by atoms with Crippen LogP contribution >= 0.6 is 0 Å². The van der Waals surface area contributed by atoms with Crippen molar-refractivity contribution in [2.24, 2.45) is 13.0 Å². The highest BCUT2D eigenvalue weighted by Gasteiger charge is 2.21. The van der Waals surface area contributed by atoms with Gasteiger partial charge in [0.15, 0.2) is 0 Å². The van der Waals surface area contributed by atoms with Crippen LogP contribution in [0.25, 0.3) is 0 Å². The molecule has 0 aliphatic rings. The SMILES string of the molecule is CCCC(CCC)C(NC)c1cnn(C)c1. The Morgan fingerprint density at radius 1 is 1.31 bits per heavy atom. The van der Waals surface area contributed by atoms with Gasteiger partial charge in [0.1, 0.15) is 0 Å². The van der Waals surface area contributed by atoms with Gasteiger partial charge in [-0.25, -0.2) is 0 Å². The smallest absolute Gasteiger partial charge is 0.0537 e. The molecule has 0 radical (unpaired) electrons. The summed E-state index contributed by atoms with van der Waals surface area (Å²) < 4.78 is 1.88. The molecular weight excluding hydrogens is 198 g/mol. The summed E-state index contributed by atoms with van der Waals surface area (Å²) in [5, 5.41) is 7.71. The Kier molecular flexibility index (Phi) is 5.53. The maximum Gasteiger partial charge on any atom is 0.0537 e. The van der Waals surface area contributed by atoms with Crippen LogP contribution in [0.15, 0.2) is 12.4 Å². The number of rotatable bonds is 7. The molecule has 1 aromatic heterocycles. The Bertz CT molecular complexity index is 287. The first-order chi connectivity index (χ1) is 7.72. The maximum atomic E-state index is 4.26. The van der Waals surface area contributed by atoms with Gasteiger partial charge in [0, 0.05) is 24.8 Å². The van der Waals surface area contributed by atoms with E-state index in [0.717, 1.165) is 5.92 Å². The zero-order chi connectivity index (χ0) is 12.0. The molecule has 1 heterocycles. The molecule has 1 atom stereocenters. The summed E-state index contributed by atoms with van der Waals surface area (Å²) in [6.07, 6.45) is 9.19. The topological polar surface area (TPSA) is 29.9 Å². The fraction of sp³-hybridized carbons (Fsp3) is 0.769.